The highest BCUT2D eigenvalue weighted by molar-refractivity contribution is 5.76. The molecule has 1 amide bonds. The van der Waals surface area contributed by atoms with Gasteiger partial charge in [0.1, 0.15) is 0 Å². The zero-order valence-corrected chi connectivity index (χ0v) is 17.7. The maximum absolute atomic E-state index is 12.7. The van der Waals surface area contributed by atoms with Crippen LogP contribution in [0.5, 0.6) is 0 Å². The molecule has 0 radical (unpaired) electrons. The summed E-state index contributed by atoms with van der Waals surface area (Å²) in [5.74, 6) is 1.35. The summed E-state index contributed by atoms with van der Waals surface area (Å²) in [6, 6.07) is 12.3. The van der Waals surface area contributed by atoms with E-state index in [9.17, 15) is 4.79 Å². The van der Waals surface area contributed by atoms with Crippen molar-refractivity contribution < 1.29 is 9.32 Å². The number of aromatic nitrogens is 4. The molecule has 8 nitrogen and oxygen atoms in total. The highest BCUT2D eigenvalue weighted by Gasteiger charge is 2.20. The van der Waals surface area contributed by atoms with Crippen molar-refractivity contribution >= 4 is 5.91 Å². The first kappa shape index (κ1) is 21.1. The molecular weight excluding hydrogens is 392 g/mol. The highest BCUT2D eigenvalue weighted by atomic mass is 16.5. The molecule has 0 atom stereocenters. The predicted octanol–water partition coefficient (Wildman–Crippen LogP) is 2.63. The van der Waals surface area contributed by atoms with Crippen molar-refractivity contribution in [2.75, 3.05) is 32.7 Å². The van der Waals surface area contributed by atoms with E-state index >= 15 is 0 Å². The topological polar surface area (TPSA) is 88.2 Å². The fraction of sp³-hybridized carbons (Fsp3) is 0.435. The summed E-state index contributed by atoms with van der Waals surface area (Å²) >= 11 is 0. The minimum absolute atomic E-state index is 0.141. The van der Waals surface area contributed by atoms with E-state index in [4.69, 9.17) is 4.52 Å². The maximum atomic E-state index is 12.7. The van der Waals surface area contributed by atoms with Crippen molar-refractivity contribution in [1.29, 1.82) is 0 Å². The molecule has 3 aromatic rings. The maximum Gasteiger partial charge on any atom is 0.240 e. The van der Waals surface area contributed by atoms with Gasteiger partial charge < -0.3 is 14.3 Å². The van der Waals surface area contributed by atoms with Gasteiger partial charge in [0.05, 0.1) is 0 Å². The molecule has 2 aromatic heterocycles. The molecule has 0 spiro atoms. The minimum atomic E-state index is 0.141. The molecule has 0 bridgehead atoms. The smallest absolute Gasteiger partial charge is 0.240 e. The van der Waals surface area contributed by atoms with Gasteiger partial charge in [0.2, 0.25) is 23.4 Å². The van der Waals surface area contributed by atoms with Gasteiger partial charge in [-0.05, 0) is 44.0 Å². The Morgan fingerprint density at radius 3 is 2.61 bits per heavy atom. The first-order valence-electron chi connectivity index (χ1n) is 10.9. The summed E-state index contributed by atoms with van der Waals surface area (Å²) < 4.78 is 5.26. The summed E-state index contributed by atoms with van der Waals surface area (Å²) in [4.78, 5) is 29.7. The van der Waals surface area contributed by atoms with Gasteiger partial charge >= 0.3 is 0 Å². The lowest BCUT2D eigenvalue weighted by Gasteiger charge is -2.22. The van der Waals surface area contributed by atoms with Gasteiger partial charge in [0, 0.05) is 44.9 Å². The monoisotopic (exact) mass is 420 g/mol. The van der Waals surface area contributed by atoms with Crippen LogP contribution in [-0.4, -0.2) is 68.5 Å². The van der Waals surface area contributed by atoms with Gasteiger partial charge in [0.15, 0.2) is 0 Å². The average Bonchev–Trinajstić information content (AvgIpc) is 3.17. The Kier molecular flexibility index (Phi) is 7.33. The molecular formula is C23H28N6O2. The molecule has 0 N–H and O–H groups in total. The van der Waals surface area contributed by atoms with Gasteiger partial charge in [0.25, 0.3) is 0 Å². The third kappa shape index (κ3) is 6.18. The normalized spacial score (nSPS) is 15.0. The van der Waals surface area contributed by atoms with Gasteiger partial charge in [-0.15, -0.1) is 0 Å². The largest absolute Gasteiger partial charge is 0.341 e. The zero-order valence-electron chi connectivity index (χ0n) is 17.7. The Morgan fingerprint density at radius 1 is 0.935 bits per heavy atom. The fourth-order valence-corrected chi connectivity index (χ4v) is 3.83. The van der Waals surface area contributed by atoms with Crippen LogP contribution in [0.1, 0.15) is 30.7 Å². The van der Waals surface area contributed by atoms with Crippen molar-refractivity contribution in [3.8, 4) is 11.6 Å². The van der Waals surface area contributed by atoms with Crippen LogP contribution in [0, 0.1) is 0 Å². The Balaban J connectivity index is 1.19. The zero-order chi connectivity index (χ0) is 21.3. The van der Waals surface area contributed by atoms with Gasteiger partial charge in [-0.1, -0.05) is 35.5 Å². The van der Waals surface area contributed by atoms with E-state index in [1.54, 1.807) is 18.5 Å². The van der Waals surface area contributed by atoms with Crippen molar-refractivity contribution in [2.45, 2.75) is 32.1 Å². The van der Waals surface area contributed by atoms with Crippen LogP contribution in [-0.2, 0) is 17.6 Å². The van der Waals surface area contributed by atoms with Crippen LogP contribution in [0.4, 0.5) is 0 Å². The summed E-state index contributed by atoms with van der Waals surface area (Å²) in [6.07, 6.45) is 7.30. The highest BCUT2D eigenvalue weighted by Crippen LogP contribution is 2.12. The van der Waals surface area contributed by atoms with Crippen LogP contribution in [0.25, 0.3) is 11.6 Å². The third-order valence-electron chi connectivity index (χ3n) is 5.51. The fourth-order valence-electron chi connectivity index (χ4n) is 3.83. The predicted molar refractivity (Wildman–Crippen MR) is 116 cm³/mol. The van der Waals surface area contributed by atoms with Crippen LogP contribution >= 0.6 is 0 Å². The lowest BCUT2D eigenvalue weighted by Crippen LogP contribution is -2.35. The molecule has 1 aromatic carbocycles. The van der Waals surface area contributed by atoms with E-state index in [1.165, 1.54) is 5.56 Å². The van der Waals surface area contributed by atoms with Crippen LogP contribution < -0.4 is 0 Å². The molecule has 1 saturated heterocycles. The first-order chi connectivity index (χ1) is 15.3. The summed E-state index contributed by atoms with van der Waals surface area (Å²) in [7, 11) is 0. The van der Waals surface area contributed by atoms with E-state index in [0.29, 0.717) is 30.4 Å². The molecule has 162 valence electrons. The van der Waals surface area contributed by atoms with E-state index in [1.807, 2.05) is 4.90 Å². The van der Waals surface area contributed by atoms with Crippen molar-refractivity contribution in [3.05, 3.63) is 60.2 Å². The standard InChI is InChI=1S/C23H28N6O2/c30-21(11-10-20-26-23(27-31-20)22-24-12-5-13-25-22)29-16-6-15-28(17-18-29)14-4-9-19-7-2-1-3-8-19/h1-3,5,7-8,12-13H,4,6,9-11,14-18H2. The molecule has 1 aliphatic heterocycles. The van der Waals surface area contributed by atoms with Crippen molar-refractivity contribution in [2.24, 2.45) is 0 Å². The second kappa shape index (κ2) is 10.8. The van der Waals surface area contributed by atoms with Crippen LogP contribution in [0.3, 0.4) is 0 Å². The molecule has 3 heterocycles. The van der Waals surface area contributed by atoms with Gasteiger partial charge in [-0.2, -0.15) is 4.98 Å². The number of carbonyl (C=O) groups excluding carboxylic acids is 1. The van der Waals surface area contributed by atoms with Crippen LogP contribution in [0.15, 0.2) is 53.3 Å². The molecule has 0 saturated carbocycles. The Bertz CT molecular complexity index is 947. The molecule has 4 rings (SSSR count). The number of carbonyl (C=O) groups is 1. The van der Waals surface area contributed by atoms with Crippen molar-refractivity contribution in [3.63, 3.8) is 0 Å². The Hall–Kier alpha value is -3.13. The average molecular weight is 421 g/mol. The molecule has 1 aliphatic rings. The summed E-state index contributed by atoms with van der Waals surface area (Å²) in [6.45, 7) is 4.63. The van der Waals surface area contributed by atoms with Gasteiger partial charge in [-0.3, -0.25) is 4.79 Å². The minimum Gasteiger partial charge on any atom is -0.341 e. The number of hydrogen-bond acceptors (Lipinski definition) is 7. The number of benzene rings is 1. The quantitative estimate of drug-likeness (QED) is 0.553. The molecule has 31 heavy (non-hydrogen) atoms. The lowest BCUT2D eigenvalue weighted by atomic mass is 10.1. The molecule has 0 aliphatic carbocycles. The van der Waals surface area contributed by atoms with E-state index in [0.717, 1.165) is 52.0 Å². The Morgan fingerprint density at radius 2 is 1.77 bits per heavy atom. The number of hydrogen-bond donors (Lipinski definition) is 0. The first-order valence-corrected chi connectivity index (χ1v) is 10.9. The number of rotatable bonds is 8. The summed E-state index contributed by atoms with van der Waals surface area (Å²) in [5.41, 5.74) is 1.39. The molecule has 1 fully saturated rings. The van der Waals surface area contributed by atoms with E-state index < -0.39 is 0 Å². The third-order valence-corrected chi connectivity index (χ3v) is 5.51. The lowest BCUT2D eigenvalue weighted by molar-refractivity contribution is -0.131. The summed E-state index contributed by atoms with van der Waals surface area (Å²) in [5, 5.41) is 3.91. The van der Waals surface area contributed by atoms with E-state index in [2.05, 4.69) is 55.3 Å². The molecule has 8 heteroatoms. The van der Waals surface area contributed by atoms with Gasteiger partial charge in [-0.25, -0.2) is 9.97 Å². The SMILES string of the molecule is O=C(CCc1nc(-c2ncccn2)no1)N1CCCN(CCCc2ccccc2)CC1. The van der Waals surface area contributed by atoms with Crippen molar-refractivity contribution in [1.82, 2.24) is 29.9 Å². The second-order valence-corrected chi connectivity index (χ2v) is 7.75. The molecule has 0 unspecified atom stereocenters. The second-order valence-electron chi connectivity index (χ2n) is 7.75. The Labute approximate surface area is 182 Å². The number of aryl methyl sites for hydroxylation is 2. The number of nitrogens with zero attached hydrogens (tertiary/aromatic N) is 6. The van der Waals surface area contributed by atoms with E-state index in [-0.39, 0.29) is 5.91 Å². The van der Waals surface area contributed by atoms with Crippen LogP contribution in [0.2, 0.25) is 0 Å². The number of amides is 1.